The zero-order valence-electron chi connectivity index (χ0n) is 20.2. The van der Waals surface area contributed by atoms with Crippen LogP contribution in [0.5, 0.6) is 5.75 Å². The highest BCUT2D eigenvalue weighted by Gasteiger charge is 2.23. The summed E-state index contributed by atoms with van der Waals surface area (Å²) >= 11 is 0. The number of nitrogens with one attached hydrogen (secondary N) is 2. The third kappa shape index (κ3) is 10.2. The van der Waals surface area contributed by atoms with Gasteiger partial charge in [0.2, 0.25) is 0 Å². The first-order valence-electron chi connectivity index (χ1n) is 11.7. The molecule has 1 aliphatic heterocycles. The molecule has 1 aromatic carbocycles. The van der Waals surface area contributed by atoms with E-state index >= 15 is 0 Å². The molecule has 8 heteroatoms. The SMILES string of the molecule is CCNC(=NCC(CCO)CC(C)C)NCC(c1ccc(OC)cc1)N1CCOCC1.I. The number of aliphatic hydroxyl groups excluding tert-OH is 1. The summed E-state index contributed by atoms with van der Waals surface area (Å²) in [5.74, 6) is 2.70. The largest absolute Gasteiger partial charge is 0.497 e. The average Bonchev–Trinajstić information content (AvgIpc) is 2.78. The minimum absolute atomic E-state index is 0. The molecule has 2 unspecified atom stereocenters. The summed E-state index contributed by atoms with van der Waals surface area (Å²) in [6.45, 7) is 12.4. The number of halogens is 1. The smallest absolute Gasteiger partial charge is 0.191 e. The number of rotatable bonds is 12. The van der Waals surface area contributed by atoms with Crippen LogP contribution in [0.15, 0.2) is 29.3 Å². The molecular formula is C24H43IN4O3. The Morgan fingerprint density at radius 3 is 2.44 bits per heavy atom. The molecule has 0 saturated carbocycles. The van der Waals surface area contributed by atoms with Crippen molar-refractivity contribution in [3.8, 4) is 5.75 Å². The Kier molecular flexibility index (Phi) is 14.9. The Labute approximate surface area is 211 Å². The lowest BCUT2D eigenvalue weighted by Crippen LogP contribution is -2.46. The minimum Gasteiger partial charge on any atom is -0.497 e. The van der Waals surface area contributed by atoms with Gasteiger partial charge in [-0.05, 0) is 49.3 Å². The average molecular weight is 563 g/mol. The lowest BCUT2D eigenvalue weighted by molar-refractivity contribution is 0.0170. The van der Waals surface area contributed by atoms with E-state index in [1.807, 2.05) is 12.1 Å². The van der Waals surface area contributed by atoms with Crippen molar-refractivity contribution in [1.82, 2.24) is 15.5 Å². The number of methoxy groups -OCH3 is 1. The van der Waals surface area contributed by atoms with Gasteiger partial charge < -0.3 is 25.2 Å². The normalized spacial score (nSPS) is 16.9. The zero-order chi connectivity index (χ0) is 22.5. The van der Waals surface area contributed by atoms with Crippen LogP contribution in [0.1, 0.15) is 45.2 Å². The molecule has 1 aliphatic rings. The van der Waals surface area contributed by atoms with E-state index in [0.29, 0.717) is 11.8 Å². The predicted octanol–water partition coefficient (Wildman–Crippen LogP) is 3.29. The second kappa shape index (κ2) is 16.5. The van der Waals surface area contributed by atoms with E-state index in [1.54, 1.807) is 7.11 Å². The van der Waals surface area contributed by atoms with E-state index in [4.69, 9.17) is 14.5 Å². The van der Waals surface area contributed by atoms with Gasteiger partial charge in [0.05, 0.1) is 26.4 Å². The van der Waals surface area contributed by atoms with E-state index < -0.39 is 0 Å². The second-order valence-electron chi connectivity index (χ2n) is 8.55. The summed E-state index contributed by atoms with van der Waals surface area (Å²) in [5.41, 5.74) is 1.25. The molecule has 3 N–H and O–H groups in total. The first-order valence-corrected chi connectivity index (χ1v) is 11.7. The molecule has 32 heavy (non-hydrogen) atoms. The molecule has 2 atom stereocenters. The molecule has 2 rings (SSSR count). The van der Waals surface area contributed by atoms with Gasteiger partial charge in [0.25, 0.3) is 0 Å². The van der Waals surface area contributed by atoms with Crippen molar-refractivity contribution in [2.75, 3.05) is 59.7 Å². The number of aliphatic hydroxyl groups is 1. The molecule has 1 saturated heterocycles. The second-order valence-corrected chi connectivity index (χ2v) is 8.55. The number of morpholine rings is 1. The molecule has 0 radical (unpaired) electrons. The Hall–Kier alpha value is -1.10. The lowest BCUT2D eigenvalue weighted by atomic mass is 9.94. The monoisotopic (exact) mass is 562 g/mol. The molecule has 1 heterocycles. The number of nitrogens with zero attached hydrogens (tertiary/aromatic N) is 2. The van der Waals surface area contributed by atoms with Crippen LogP contribution in [-0.4, -0.2) is 75.6 Å². The van der Waals surface area contributed by atoms with Crippen LogP contribution in [0.25, 0.3) is 0 Å². The van der Waals surface area contributed by atoms with Gasteiger partial charge in [-0.25, -0.2) is 0 Å². The predicted molar refractivity (Wildman–Crippen MR) is 142 cm³/mol. The molecular weight excluding hydrogens is 519 g/mol. The fourth-order valence-electron chi connectivity index (χ4n) is 4.06. The molecule has 0 amide bonds. The van der Waals surface area contributed by atoms with Crippen LogP contribution >= 0.6 is 24.0 Å². The molecule has 0 bridgehead atoms. The maximum Gasteiger partial charge on any atom is 0.191 e. The van der Waals surface area contributed by atoms with Crippen molar-refractivity contribution in [3.63, 3.8) is 0 Å². The molecule has 0 aliphatic carbocycles. The third-order valence-corrected chi connectivity index (χ3v) is 5.64. The van der Waals surface area contributed by atoms with Crippen molar-refractivity contribution in [3.05, 3.63) is 29.8 Å². The van der Waals surface area contributed by atoms with Crippen LogP contribution in [0.4, 0.5) is 0 Å². The first-order chi connectivity index (χ1) is 15.1. The summed E-state index contributed by atoms with van der Waals surface area (Å²) in [6, 6.07) is 8.55. The van der Waals surface area contributed by atoms with E-state index in [2.05, 4.69) is 48.4 Å². The van der Waals surface area contributed by atoms with Gasteiger partial charge in [-0.1, -0.05) is 26.0 Å². The fraction of sp³-hybridized carbons (Fsp3) is 0.708. The minimum atomic E-state index is 0. The van der Waals surface area contributed by atoms with Crippen molar-refractivity contribution < 1.29 is 14.6 Å². The molecule has 1 fully saturated rings. The van der Waals surface area contributed by atoms with Gasteiger partial charge in [0, 0.05) is 39.3 Å². The standard InChI is InChI=1S/C24H42N4O3.HI/c1-5-25-24(26-17-20(10-13-29)16-19(2)3)27-18-23(28-11-14-31-15-12-28)21-6-8-22(30-4)9-7-21;/h6-9,19-20,23,29H,5,10-18H2,1-4H3,(H2,25,26,27);1H. The van der Waals surface area contributed by atoms with Crippen molar-refractivity contribution in [2.24, 2.45) is 16.8 Å². The lowest BCUT2D eigenvalue weighted by Gasteiger charge is -2.35. The maximum absolute atomic E-state index is 9.40. The highest BCUT2D eigenvalue weighted by Crippen LogP contribution is 2.23. The van der Waals surface area contributed by atoms with Crippen molar-refractivity contribution in [1.29, 1.82) is 0 Å². The summed E-state index contributed by atoms with van der Waals surface area (Å²) in [5, 5.41) is 16.3. The van der Waals surface area contributed by atoms with Gasteiger partial charge in [-0.2, -0.15) is 0 Å². The Balaban J connectivity index is 0.00000512. The summed E-state index contributed by atoms with van der Waals surface area (Å²) in [7, 11) is 1.69. The summed E-state index contributed by atoms with van der Waals surface area (Å²) < 4.78 is 10.9. The zero-order valence-corrected chi connectivity index (χ0v) is 22.5. The van der Waals surface area contributed by atoms with Gasteiger partial charge in [0.15, 0.2) is 5.96 Å². The quantitative estimate of drug-likeness (QED) is 0.206. The van der Waals surface area contributed by atoms with Gasteiger partial charge in [-0.15, -0.1) is 24.0 Å². The molecule has 184 valence electrons. The molecule has 0 spiro atoms. The fourth-order valence-corrected chi connectivity index (χ4v) is 4.06. The number of ether oxygens (including phenoxy) is 2. The van der Waals surface area contributed by atoms with Crippen LogP contribution < -0.4 is 15.4 Å². The van der Waals surface area contributed by atoms with Crippen LogP contribution in [0.2, 0.25) is 0 Å². The highest BCUT2D eigenvalue weighted by molar-refractivity contribution is 14.0. The van der Waals surface area contributed by atoms with Gasteiger partial charge in [0.1, 0.15) is 5.75 Å². The molecule has 1 aromatic rings. The maximum atomic E-state index is 9.40. The molecule has 0 aromatic heterocycles. The van der Waals surface area contributed by atoms with Crippen LogP contribution in [0, 0.1) is 11.8 Å². The number of benzene rings is 1. The molecule has 7 nitrogen and oxygen atoms in total. The van der Waals surface area contributed by atoms with Crippen LogP contribution in [0.3, 0.4) is 0 Å². The highest BCUT2D eigenvalue weighted by atomic mass is 127. The van der Waals surface area contributed by atoms with Gasteiger partial charge >= 0.3 is 0 Å². The topological polar surface area (TPSA) is 78.4 Å². The van der Waals surface area contributed by atoms with Crippen molar-refractivity contribution in [2.45, 2.75) is 39.7 Å². The van der Waals surface area contributed by atoms with E-state index in [-0.39, 0.29) is 36.6 Å². The third-order valence-electron chi connectivity index (χ3n) is 5.64. The Bertz CT molecular complexity index is 637. The van der Waals surface area contributed by atoms with Gasteiger partial charge in [-0.3, -0.25) is 9.89 Å². The number of hydrogen-bond donors (Lipinski definition) is 3. The van der Waals surface area contributed by atoms with Crippen LogP contribution in [-0.2, 0) is 4.74 Å². The number of guanidine groups is 1. The van der Waals surface area contributed by atoms with E-state index in [9.17, 15) is 5.11 Å². The number of hydrogen-bond acceptors (Lipinski definition) is 5. The first kappa shape index (κ1) is 28.9. The van der Waals surface area contributed by atoms with E-state index in [1.165, 1.54) is 5.56 Å². The van der Waals surface area contributed by atoms with Crippen molar-refractivity contribution >= 4 is 29.9 Å². The summed E-state index contributed by atoms with van der Waals surface area (Å²) in [4.78, 5) is 7.31. The Morgan fingerprint density at radius 2 is 1.88 bits per heavy atom. The Morgan fingerprint density at radius 1 is 1.19 bits per heavy atom. The number of aliphatic imine (C=N–C) groups is 1. The summed E-state index contributed by atoms with van der Waals surface area (Å²) in [6.07, 6.45) is 1.87. The van der Waals surface area contributed by atoms with E-state index in [0.717, 1.165) is 70.5 Å².